The Balaban J connectivity index is 2.45. The van der Waals surface area contributed by atoms with E-state index in [1.54, 1.807) is 0 Å². The minimum absolute atomic E-state index is 0.612. The lowest BCUT2D eigenvalue weighted by Crippen LogP contribution is -1.95. The van der Waals surface area contributed by atoms with Crippen molar-refractivity contribution in [1.82, 2.24) is 5.32 Å². The van der Waals surface area contributed by atoms with E-state index < -0.39 is 0 Å². The maximum atomic E-state index is 3.45. The van der Waals surface area contributed by atoms with Crippen LogP contribution in [0.4, 0.5) is 0 Å². The van der Waals surface area contributed by atoms with Crippen LogP contribution in [-0.4, -0.2) is 6.04 Å². The summed E-state index contributed by atoms with van der Waals surface area (Å²) < 4.78 is 0. The summed E-state index contributed by atoms with van der Waals surface area (Å²) in [4.78, 5) is 0. The highest BCUT2D eigenvalue weighted by atomic mass is 15.1. The number of nitrogens with one attached hydrogen (secondary N) is 1. The third-order valence-electron chi connectivity index (χ3n) is 2.88. The van der Waals surface area contributed by atoms with Crippen molar-refractivity contribution < 1.29 is 0 Å². The molecule has 0 bridgehead atoms. The van der Waals surface area contributed by atoms with Crippen molar-refractivity contribution in [2.24, 2.45) is 0 Å². The first-order chi connectivity index (χ1) is 6.09. The lowest BCUT2D eigenvalue weighted by Gasteiger charge is -2.09. The topological polar surface area (TPSA) is 21.9 Å². The molecule has 70 valence electrons. The van der Waals surface area contributed by atoms with Gasteiger partial charge in [-0.25, -0.2) is 0 Å². The normalized spacial score (nSPS) is 26.2. The zero-order chi connectivity index (χ0) is 9.59. The van der Waals surface area contributed by atoms with Gasteiger partial charge in [0.1, 0.15) is 0 Å². The highest BCUT2D eigenvalue weighted by Gasteiger charge is 2.34. The summed E-state index contributed by atoms with van der Waals surface area (Å²) in [7, 11) is 0. The van der Waals surface area contributed by atoms with Crippen molar-refractivity contribution in [3.05, 3.63) is 34.4 Å². The molecule has 0 unspecified atom stereocenters. The van der Waals surface area contributed by atoms with E-state index in [2.05, 4.69) is 45.1 Å². The Morgan fingerprint density at radius 2 is 1.54 bits per heavy atom. The first-order valence-corrected chi connectivity index (χ1v) is 4.93. The van der Waals surface area contributed by atoms with Gasteiger partial charge in [-0.1, -0.05) is 17.7 Å². The van der Waals surface area contributed by atoms with E-state index in [1.807, 2.05) is 0 Å². The van der Waals surface area contributed by atoms with E-state index in [0.29, 0.717) is 12.1 Å². The van der Waals surface area contributed by atoms with Gasteiger partial charge in [-0.3, -0.25) is 0 Å². The Bertz CT molecular complexity index is 318. The molecule has 1 aliphatic rings. The SMILES string of the molecule is Cc1cc(C)c([C@@H]2N[C@@H]2C)c(C)c1. The van der Waals surface area contributed by atoms with Gasteiger partial charge in [-0.2, -0.15) is 0 Å². The zero-order valence-electron chi connectivity index (χ0n) is 8.81. The number of benzene rings is 1. The molecule has 0 amide bonds. The van der Waals surface area contributed by atoms with Crippen molar-refractivity contribution in [1.29, 1.82) is 0 Å². The fourth-order valence-electron chi connectivity index (χ4n) is 2.24. The van der Waals surface area contributed by atoms with Crippen LogP contribution in [0.2, 0.25) is 0 Å². The van der Waals surface area contributed by atoms with Gasteiger partial charge < -0.3 is 5.32 Å². The highest BCUT2D eigenvalue weighted by molar-refractivity contribution is 5.42. The van der Waals surface area contributed by atoms with Crippen LogP contribution in [0.1, 0.15) is 35.2 Å². The molecule has 1 aromatic carbocycles. The van der Waals surface area contributed by atoms with E-state index in [9.17, 15) is 0 Å². The molecule has 2 atom stereocenters. The zero-order valence-corrected chi connectivity index (χ0v) is 8.81. The van der Waals surface area contributed by atoms with Crippen LogP contribution in [0, 0.1) is 20.8 Å². The second-order valence-corrected chi connectivity index (χ2v) is 4.25. The molecule has 0 saturated carbocycles. The predicted molar refractivity (Wildman–Crippen MR) is 56.0 cm³/mol. The Hall–Kier alpha value is -0.820. The van der Waals surface area contributed by atoms with E-state index in [-0.39, 0.29) is 0 Å². The third kappa shape index (κ3) is 1.49. The van der Waals surface area contributed by atoms with Crippen LogP contribution in [0.5, 0.6) is 0 Å². The van der Waals surface area contributed by atoms with Crippen molar-refractivity contribution >= 4 is 0 Å². The maximum Gasteiger partial charge on any atom is 0.0481 e. The minimum Gasteiger partial charge on any atom is -0.304 e. The summed E-state index contributed by atoms with van der Waals surface area (Å²) in [6.45, 7) is 8.82. The number of hydrogen-bond acceptors (Lipinski definition) is 1. The lowest BCUT2D eigenvalue weighted by molar-refractivity contribution is 0.997. The molecule has 0 aromatic heterocycles. The molecule has 1 aliphatic heterocycles. The van der Waals surface area contributed by atoms with Crippen molar-refractivity contribution in [2.45, 2.75) is 39.8 Å². The van der Waals surface area contributed by atoms with Crippen LogP contribution < -0.4 is 5.32 Å². The van der Waals surface area contributed by atoms with Gasteiger partial charge in [-0.15, -0.1) is 0 Å². The van der Waals surface area contributed by atoms with Crippen LogP contribution in [0.3, 0.4) is 0 Å². The van der Waals surface area contributed by atoms with Crippen molar-refractivity contribution in [3.63, 3.8) is 0 Å². The molecule has 1 saturated heterocycles. The third-order valence-corrected chi connectivity index (χ3v) is 2.88. The second kappa shape index (κ2) is 2.85. The fourth-order valence-corrected chi connectivity index (χ4v) is 2.24. The number of rotatable bonds is 1. The average molecular weight is 175 g/mol. The highest BCUT2D eigenvalue weighted by Crippen LogP contribution is 2.34. The average Bonchev–Trinajstić information content (AvgIpc) is 2.64. The molecule has 1 N–H and O–H groups in total. The van der Waals surface area contributed by atoms with E-state index in [0.717, 1.165) is 0 Å². The van der Waals surface area contributed by atoms with Crippen LogP contribution >= 0.6 is 0 Å². The molecular weight excluding hydrogens is 158 g/mol. The monoisotopic (exact) mass is 175 g/mol. The van der Waals surface area contributed by atoms with Gasteiger partial charge in [0.25, 0.3) is 0 Å². The molecule has 1 nitrogen and oxygen atoms in total. The summed E-state index contributed by atoms with van der Waals surface area (Å²) >= 11 is 0. The summed E-state index contributed by atoms with van der Waals surface area (Å²) in [5, 5.41) is 3.45. The minimum atomic E-state index is 0.612. The van der Waals surface area contributed by atoms with E-state index in [1.165, 1.54) is 22.3 Å². The fraction of sp³-hybridized carbons (Fsp3) is 0.500. The Morgan fingerprint density at radius 3 is 1.92 bits per heavy atom. The summed E-state index contributed by atoms with van der Waals surface area (Å²) in [5.41, 5.74) is 5.74. The van der Waals surface area contributed by atoms with Gasteiger partial charge in [-0.05, 0) is 44.4 Å². The van der Waals surface area contributed by atoms with Crippen LogP contribution in [0.15, 0.2) is 12.1 Å². The first-order valence-electron chi connectivity index (χ1n) is 4.93. The van der Waals surface area contributed by atoms with Crippen molar-refractivity contribution in [3.8, 4) is 0 Å². The second-order valence-electron chi connectivity index (χ2n) is 4.25. The quantitative estimate of drug-likeness (QED) is 0.651. The van der Waals surface area contributed by atoms with E-state index in [4.69, 9.17) is 0 Å². The largest absolute Gasteiger partial charge is 0.304 e. The number of aryl methyl sites for hydroxylation is 3. The van der Waals surface area contributed by atoms with Crippen LogP contribution in [-0.2, 0) is 0 Å². The van der Waals surface area contributed by atoms with Gasteiger partial charge in [0.05, 0.1) is 0 Å². The summed E-state index contributed by atoms with van der Waals surface area (Å²) in [6.07, 6.45) is 0. The van der Waals surface area contributed by atoms with Gasteiger partial charge in [0.2, 0.25) is 0 Å². The molecule has 1 fully saturated rings. The number of hydrogen-bond donors (Lipinski definition) is 1. The molecule has 1 heteroatoms. The van der Waals surface area contributed by atoms with Gasteiger partial charge in [0, 0.05) is 12.1 Å². The van der Waals surface area contributed by atoms with Crippen molar-refractivity contribution in [2.75, 3.05) is 0 Å². The van der Waals surface area contributed by atoms with Crippen LogP contribution in [0.25, 0.3) is 0 Å². The molecule has 1 aromatic rings. The smallest absolute Gasteiger partial charge is 0.0481 e. The Morgan fingerprint density at radius 1 is 1.08 bits per heavy atom. The molecule has 0 aliphatic carbocycles. The van der Waals surface area contributed by atoms with Gasteiger partial charge in [0.15, 0.2) is 0 Å². The molecule has 2 rings (SSSR count). The summed E-state index contributed by atoms with van der Waals surface area (Å²) in [5.74, 6) is 0. The Labute approximate surface area is 80.2 Å². The van der Waals surface area contributed by atoms with E-state index >= 15 is 0 Å². The van der Waals surface area contributed by atoms with Gasteiger partial charge >= 0.3 is 0 Å². The Kier molecular flexibility index (Phi) is 1.92. The first kappa shape index (κ1) is 8.76. The lowest BCUT2D eigenvalue weighted by atomic mass is 9.96. The molecule has 13 heavy (non-hydrogen) atoms. The molecular formula is C12H17N. The summed E-state index contributed by atoms with van der Waals surface area (Å²) in [6, 6.07) is 5.82. The molecule has 1 heterocycles. The predicted octanol–water partition coefficient (Wildman–Crippen LogP) is 2.64. The molecule has 0 radical (unpaired) electrons. The maximum absolute atomic E-state index is 3.45. The molecule has 0 spiro atoms. The standard InChI is InChI=1S/C12H17N/c1-7-5-8(2)11(9(3)6-7)12-10(4)13-12/h5-6,10,12-13H,1-4H3/t10-,12-/m1/s1.